The monoisotopic (exact) mass is 451 g/mol. The summed E-state index contributed by atoms with van der Waals surface area (Å²) in [5, 5.41) is -0.838. The molecule has 1 atom stereocenters. The minimum atomic E-state index is -0.838. The van der Waals surface area contributed by atoms with Crippen molar-refractivity contribution in [1.29, 1.82) is 0 Å². The molecule has 0 spiro atoms. The van der Waals surface area contributed by atoms with Crippen molar-refractivity contribution in [3.8, 4) is 0 Å². The predicted molar refractivity (Wildman–Crippen MR) is 126 cm³/mol. The summed E-state index contributed by atoms with van der Waals surface area (Å²) in [5.74, 6) is -0.597. The predicted octanol–water partition coefficient (Wildman–Crippen LogP) is 3.56. The van der Waals surface area contributed by atoms with E-state index in [0.29, 0.717) is 25.3 Å². The zero-order chi connectivity index (χ0) is 22.5. The highest BCUT2D eigenvalue weighted by atomic mass is 32.2. The number of carbonyl (C=O) groups excluding carboxylic acids is 3. The van der Waals surface area contributed by atoms with Gasteiger partial charge in [0, 0.05) is 31.6 Å². The van der Waals surface area contributed by atoms with Crippen molar-refractivity contribution < 1.29 is 14.4 Å². The van der Waals surface area contributed by atoms with E-state index in [2.05, 4.69) is 0 Å². The van der Waals surface area contributed by atoms with Crippen LogP contribution in [0.4, 0.5) is 5.69 Å². The van der Waals surface area contributed by atoms with Gasteiger partial charge in [0.15, 0.2) is 5.25 Å². The molecule has 0 aromatic heterocycles. The minimum Gasteiger partial charge on any atom is -0.341 e. The van der Waals surface area contributed by atoms with E-state index in [1.807, 2.05) is 59.5 Å². The number of hydrogen-bond donors (Lipinski definition) is 0. The van der Waals surface area contributed by atoms with Crippen molar-refractivity contribution in [2.45, 2.75) is 42.4 Å². The second-order valence-electron chi connectivity index (χ2n) is 8.36. The molecule has 0 saturated carbocycles. The molecule has 6 nitrogen and oxygen atoms in total. The van der Waals surface area contributed by atoms with E-state index >= 15 is 0 Å². The Hall–Kier alpha value is -2.80. The Bertz CT molecular complexity index is 973. The van der Waals surface area contributed by atoms with Gasteiger partial charge in [0.2, 0.25) is 11.8 Å². The lowest BCUT2D eigenvalue weighted by Crippen LogP contribution is -2.52. The van der Waals surface area contributed by atoms with E-state index in [1.165, 1.54) is 16.7 Å². The third-order valence-electron chi connectivity index (χ3n) is 6.01. The molecule has 1 fully saturated rings. The van der Waals surface area contributed by atoms with Crippen LogP contribution in [0.15, 0.2) is 59.5 Å². The molecule has 168 valence electrons. The molecule has 2 aromatic rings. The van der Waals surface area contributed by atoms with Gasteiger partial charge in [-0.2, -0.15) is 0 Å². The lowest BCUT2D eigenvalue weighted by atomic mass is 10.2. The van der Waals surface area contributed by atoms with Crippen molar-refractivity contribution in [1.82, 2.24) is 9.80 Å². The van der Waals surface area contributed by atoms with Gasteiger partial charge in [0.25, 0.3) is 5.91 Å². The molecule has 0 bridgehead atoms. The van der Waals surface area contributed by atoms with Crippen molar-refractivity contribution in [2.75, 3.05) is 31.6 Å². The lowest BCUT2D eigenvalue weighted by molar-refractivity contribution is -0.136. The Kier molecular flexibility index (Phi) is 7.15. The molecule has 1 unspecified atom stereocenters. The molecule has 3 amide bonds. The third kappa shape index (κ3) is 4.99. The van der Waals surface area contributed by atoms with Crippen molar-refractivity contribution in [2.24, 2.45) is 0 Å². The Morgan fingerprint density at radius 3 is 2.34 bits per heavy atom. The Balaban J connectivity index is 1.52. The number of anilines is 1. The lowest BCUT2D eigenvalue weighted by Gasteiger charge is -2.35. The molecule has 2 aliphatic rings. The number of thioether (sulfide) groups is 1. The Labute approximate surface area is 193 Å². The van der Waals surface area contributed by atoms with Crippen LogP contribution in [0.1, 0.15) is 31.2 Å². The van der Waals surface area contributed by atoms with Gasteiger partial charge in [-0.05, 0) is 30.5 Å². The van der Waals surface area contributed by atoms with E-state index in [4.69, 9.17) is 0 Å². The van der Waals surface area contributed by atoms with E-state index in [9.17, 15) is 14.4 Å². The number of carbonyl (C=O) groups is 3. The van der Waals surface area contributed by atoms with Gasteiger partial charge in [-0.15, -0.1) is 11.8 Å². The van der Waals surface area contributed by atoms with Gasteiger partial charge < -0.3 is 14.7 Å². The van der Waals surface area contributed by atoms with Crippen molar-refractivity contribution >= 4 is 35.2 Å². The van der Waals surface area contributed by atoms with Crippen LogP contribution in [0.5, 0.6) is 0 Å². The summed E-state index contributed by atoms with van der Waals surface area (Å²) in [7, 11) is 1.74. The van der Waals surface area contributed by atoms with E-state index in [0.717, 1.165) is 36.1 Å². The van der Waals surface area contributed by atoms with E-state index in [-0.39, 0.29) is 24.3 Å². The molecule has 4 rings (SSSR count). The molecule has 2 aromatic carbocycles. The van der Waals surface area contributed by atoms with Crippen LogP contribution in [0.2, 0.25) is 0 Å². The topological polar surface area (TPSA) is 60.9 Å². The zero-order valence-corrected chi connectivity index (χ0v) is 19.2. The molecular formula is C25H29N3O3S. The molecule has 7 heteroatoms. The Morgan fingerprint density at radius 2 is 1.62 bits per heavy atom. The average Bonchev–Trinajstić information content (AvgIpc) is 3.10. The number of hydrogen-bond acceptors (Lipinski definition) is 4. The van der Waals surface area contributed by atoms with E-state index < -0.39 is 5.25 Å². The summed E-state index contributed by atoms with van der Waals surface area (Å²) < 4.78 is 0. The molecule has 0 N–H and O–H groups in total. The summed E-state index contributed by atoms with van der Waals surface area (Å²) in [5.41, 5.74) is 1.72. The highest BCUT2D eigenvalue weighted by Gasteiger charge is 2.41. The van der Waals surface area contributed by atoms with Gasteiger partial charge in [-0.25, -0.2) is 0 Å². The molecule has 0 aliphatic carbocycles. The van der Waals surface area contributed by atoms with Gasteiger partial charge in [-0.1, -0.05) is 55.3 Å². The quantitative estimate of drug-likeness (QED) is 0.653. The number of likely N-dealkylation sites (tertiary alicyclic amines) is 1. The van der Waals surface area contributed by atoms with Crippen molar-refractivity contribution in [3.05, 3.63) is 60.2 Å². The van der Waals surface area contributed by atoms with Gasteiger partial charge in [0.05, 0.1) is 5.69 Å². The van der Waals surface area contributed by atoms with E-state index in [1.54, 1.807) is 11.9 Å². The fourth-order valence-corrected chi connectivity index (χ4v) is 5.38. The second kappa shape index (κ2) is 10.2. The third-order valence-corrected chi connectivity index (χ3v) is 7.25. The largest absolute Gasteiger partial charge is 0.341 e. The molecular weight excluding hydrogens is 422 g/mol. The van der Waals surface area contributed by atoms with Crippen LogP contribution in [0, 0.1) is 0 Å². The highest BCUT2D eigenvalue weighted by molar-refractivity contribution is 8.01. The maximum Gasteiger partial charge on any atom is 0.250 e. The standard InChI is InChI=1S/C25H29N3O3S/c1-26(17-19-11-5-4-6-12-19)22(29)18-28-20-13-7-8-14-21(20)32-23(25(28)31)24(30)27-15-9-2-3-10-16-27/h4-8,11-14,23H,2-3,9-10,15-18H2,1H3. The first-order valence-corrected chi connectivity index (χ1v) is 12.1. The first kappa shape index (κ1) is 22.4. The first-order chi connectivity index (χ1) is 15.5. The number of benzene rings is 2. The number of para-hydroxylation sites is 1. The number of nitrogens with zero attached hydrogens (tertiary/aromatic N) is 3. The maximum atomic E-state index is 13.5. The summed E-state index contributed by atoms with van der Waals surface area (Å²) in [6.07, 6.45) is 4.18. The van der Waals surface area contributed by atoms with Crippen LogP contribution in [0.3, 0.4) is 0 Å². The van der Waals surface area contributed by atoms with Gasteiger partial charge >= 0.3 is 0 Å². The van der Waals surface area contributed by atoms with Crippen LogP contribution in [0.25, 0.3) is 0 Å². The molecule has 0 radical (unpaired) electrons. The molecule has 2 aliphatic heterocycles. The first-order valence-electron chi connectivity index (χ1n) is 11.2. The van der Waals surface area contributed by atoms with Crippen LogP contribution in [-0.4, -0.2) is 59.5 Å². The van der Waals surface area contributed by atoms with Crippen LogP contribution < -0.4 is 4.90 Å². The maximum absolute atomic E-state index is 13.5. The van der Waals surface area contributed by atoms with Crippen LogP contribution >= 0.6 is 11.8 Å². The number of rotatable bonds is 5. The van der Waals surface area contributed by atoms with Crippen molar-refractivity contribution in [3.63, 3.8) is 0 Å². The average molecular weight is 452 g/mol. The van der Waals surface area contributed by atoms with Gasteiger partial charge in [0.1, 0.15) is 6.54 Å². The summed E-state index contributed by atoms with van der Waals surface area (Å²) in [6.45, 7) is 1.78. The number of likely N-dealkylation sites (N-methyl/N-ethyl adjacent to an activating group) is 1. The Morgan fingerprint density at radius 1 is 0.969 bits per heavy atom. The number of fused-ring (bicyclic) bond motifs is 1. The summed E-state index contributed by atoms with van der Waals surface area (Å²) in [6, 6.07) is 17.3. The summed E-state index contributed by atoms with van der Waals surface area (Å²) >= 11 is 1.31. The summed E-state index contributed by atoms with van der Waals surface area (Å²) in [4.78, 5) is 45.6. The normalized spacial score (nSPS) is 18.7. The fourth-order valence-electron chi connectivity index (χ4n) is 4.19. The van der Waals surface area contributed by atoms with Gasteiger partial charge in [-0.3, -0.25) is 14.4 Å². The fraction of sp³-hybridized carbons (Fsp3) is 0.400. The SMILES string of the molecule is CN(Cc1ccccc1)C(=O)CN1C(=O)C(C(=O)N2CCCCCC2)Sc2ccccc21. The smallest absolute Gasteiger partial charge is 0.250 e. The molecule has 2 heterocycles. The van der Waals surface area contributed by atoms with Crippen LogP contribution in [-0.2, 0) is 20.9 Å². The molecule has 1 saturated heterocycles. The molecule has 32 heavy (non-hydrogen) atoms. The minimum absolute atomic E-state index is 0.0798. The highest BCUT2D eigenvalue weighted by Crippen LogP contribution is 2.40. The second-order valence-corrected chi connectivity index (χ2v) is 9.51. The zero-order valence-electron chi connectivity index (χ0n) is 18.4. The number of amides is 3.